The summed E-state index contributed by atoms with van der Waals surface area (Å²) < 4.78 is 11.8. The third kappa shape index (κ3) is 7.49. The van der Waals surface area contributed by atoms with E-state index in [1.807, 2.05) is 82.3 Å². The smallest absolute Gasteiger partial charge is 0.346 e. The molecule has 0 bridgehead atoms. The number of hydrogen-bond donors (Lipinski definition) is 1. The van der Waals surface area contributed by atoms with Crippen LogP contribution in [-0.2, 0) is 24.2 Å². The molecule has 0 saturated carbocycles. The van der Waals surface area contributed by atoms with Crippen molar-refractivity contribution in [1.29, 1.82) is 0 Å². The number of hydrogen-bond acceptors (Lipinski definition) is 5. The average Bonchev–Trinajstić information content (AvgIpc) is 2.76. The van der Waals surface area contributed by atoms with Crippen molar-refractivity contribution in [2.24, 2.45) is 0 Å². The normalized spacial score (nSPS) is 11.0. The zero-order valence-electron chi connectivity index (χ0n) is 19.9. The van der Waals surface area contributed by atoms with Crippen LogP contribution >= 0.6 is 0 Å². The quantitative estimate of drug-likeness (QED) is 0.390. The van der Waals surface area contributed by atoms with Crippen LogP contribution in [-0.4, -0.2) is 16.6 Å². The van der Waals surface area contributed by atoms with Crippen LogP contribution in [0.25, 0.3) is 0 Å². The van der Waals surface area contributed by atoms with E-state index in [0.29, 0.717) is 30.3 Å². The van der Waals surface area contributed by atoms with Gasteiger partial charge in [0.05, 0.1) is 0 Å². The third-order valence-corrected chi connectivity index (χ3v) is 4.72. The summed E-state index contributed by atoms with van der Waals surface area (Å²) in [6, 6.07) is 21.9. The van der Waals surface area contributed by atoms with Gasteiger partial charge in [-0.2, -0.15) is 0 Å². The maximum absolute atomic E-state index is 13.2. The second-order valence-corrected chi connectivity index (χ2v) is 9.00. The molecule has 3 aromatic rings. The van der Waals surface area contributed by atoms with Gasteiger partial charge in [-0.15, -0.1) is 0 Å². The molecule has 0 unspecified atom stereocenters. The van der Waals surface area contributed by atoms with Crippen LogP contribution in [0.2, 0.25) is 0 Å². The Morgan fingerprint density at radius 2 is 1.58 bits per heavy atom. The third-order valence-electron chi connectivity index (χ3n) is 4.72. The number of aromatic nitrogens is 1. The lowest BCUT2D eigenvalue weighted by Crippen LogP contribution is -2.25. The van der Waals surface area contributed by atoms with Crippen LogP contribution < -0.4 is 10.1 Å². The summed E-state index contributed by atoms with van der Waals surface area (Å²) >= 11 is 0. The fraction of sp³-hybridized carbons (Fsp3) is 0.286. The summed E-state index contributed by atoms with van der Waals surface area (Å²) in [6.45, 7) is 11.6. The first-order valence-corrected chi connectivity index (χ1v) is 11.1. The van der Waals surface area contributed by atoms with Gasteiger partial charge in [0.25, 0.3) is 0 Å². The number of pyridine rings is 1. The molecule has 0 spiro atoms. The van der Waals surface area contributed by atoms with Gasteiger partial charge in [-0.25, -0.2) is 9.78 Å². The fourth-order valence-corrected chi connectivity index (χ4v) is 3.29. The van der Waals surface area contributed by atoms with Gasteiger partial charge >= 0.3 is 5.97 Å². The molecule has 5 nitrogen and oxygen atoms in total. The van der Waals surface area contributed by atoms with Crippen molar-refractivity contribution in [3.63, 3.8) is 0 Å². The monoisotopic (exact) mass is 444 g/mol. The Hall–Kier alpha value is -3.60. The summed E-state index contributed by atoms with van der Waals surface area (Å²) in [5.74, 6) is 0.344. The molecule has 172 valence electrons. The molecule has 1 N–H and O–H groups in total. The predicted molar refractivity (Wildman–Crippen MR) is 132 cm³/mol. The number of nitrogens with zero attached hydrogens (tertiary/aromatic N) is 1. The van der Waals surface area contributed by atoms with Gasteiger partial charge in [0.15, 0.2) is 0 Å². The summed E-state index contributed by atoms with van der Waals surface area (Å²) in [5.41, 5.74) is 3.33. The van der Waals surface area contributed by atoms with Crippen LogP contribution in [0.1, 0.15) is 54.9 Å². The van der Waals surface area contributed by atoms with E-state index >= 15 is 0 Å². The minimum Gasteiger partial charge on any atom is -0.488 e. The van der Waals surface area contributed by atoms with Crippen LogP contribution in [0.4, 0.5) is 5.82 Å². The average molecular weight is 445 g/mol. The van der Waals surface area contributed by atoms with E-state index in [-0.39, 0.29) is 5.56 Å². The SMILES string of the molecule is C=C(C)Nc1nc(CCc2ccccc2)cc(OCc2ccccc2)c1C(=O)OC(C)(C)C. The molecule has 2 aromatic carbocycles. The van der Waals surface area contributed by atoms with Crippen molar-refractivity contribution >= 4 is 11.8 Å². The highest BCUT2D eigenvalue weighted by Crippen LogP contribution is 2.31. The first-order chi connectivity index (χ1) is 15.7. The molecule has 3 rings (SSSR count). The molecule has 0 aliphatic rings. The molecule has 0 radical (unpaired) electrons. The lowest BCUT2D eigenvalue weighted by atomic mass is 10.1. The highest BCUT2D eigenvalue weighted by atomic mass is 16.6. The first kappa shape index (κ1) is 24.1. The Bertz CT molecular complexity index is 1090. The lowest BCUT2D eigenvalue weighted by Gasteiger charge is -2.22. The number of carbonyl (C=O) groups excluding carboxylic acids is 1. The maximum Gasteiger partial charge on any atom is 0.346 e. The molecule has 1 heterocycles. The highest BCUT2D eigenvalue weighted by Gasteiger charge is 2.26. The van der Waals surface area contributed by atoms with Gasteiger partial charge in [0.2, 0.25) is 0 Å². The van der Waals surface area contributed by atoms with E-state index in [2.05, 4.69) is 24.0 Å². The Morgan fingerprint density at radius 3 is 2.15 bits per heavy atom. The van der Waals surface area contributed by atoms with Gasteiger partial charge in [0.1, 0.15) is 29.3 Å². The number of aryl methyl sites for hydroxylation is 2. The molecule has 1 aromatic heterocycles. The standard InChI is InChI=1S/C28H32N2O3/c1-20(2)29-26-25(27(31)33-28(3,4)5)24(32-19-22-14-10-7-11-15-22)18-23(30-26)17-16-21-12-8-6-9-13-21/h6-15,18H,1,16-17,19H2,2-5H3,(H,29,30). The Morgan fingerprint density at radius 1 is 0.970 bits per heavy atom. The van der Waals surface area contributed by atoms with Crippen LogP contribution in [0.3, 0.4) is 0 Å². The molecule has 0 saturated heterocycles. The van der Waals surface area contributed by atoms with E-state index in [1.54, 1.807) is 0 Å². The summed E-state index contributed by atoms with van der Waals surface area (Å²) in [7, 11) is 0. The molecular weight excluding hydrogens is 412 g/mol. The topological polar surface area (TPSA) is 60.5 Å². The van der Waals surface area contributed by atoms with Crippen molar-refractivity contribution in [3.05, 3.63) is 101 Å². The largest absolute Gasteiger partial charge is 0.488 e. The number of benzene rings is 2. The predicted octanol–water partition coefficient (Wildman–Crippen LogP) is 6.35. The first-order valence-electron chi connectivity index (χ1n) is 11.1. The summed E-state index contributed by atoms with van der Waals surface area (Å²) in [5, 5.41) is 3.13. The minimum atomic E-state index is -0.653. The van der Waals surface area contributed by atoms with E-state index < -0.39 is 11.6 Å². The maximum atomic E-state index is 13.2. The van der Waals surface area contributed by atoms with Crippen molar-refractivity contribution in [2.75, 3.05) is 5.32 Å². The summed E-state index contributed by atoms with van der Waals surface area (Å²) in [6.07, 6.45) is 1.52. The second kappa shape index (κ2) is 10.8. The van der Waals surface area contributed by atoms with E-state index in [1.165, 1.54) is 5.56 Å². The Labute approximate surface area is 196 Å². The number of nitrogens with one attached hydrogen (secondary N) is 1. The molecule has 0 aliphatic heterocycles. The lowest BCUT2D eigenvalue weighted by molar-refractivity contribution is 0.00663. The van der Waals surface area contributed by atoms with Crippen molar-refractivity contribution in [3.8, 4) is 5.75 Å². The van der Waals surface area contributed by atoms with E-state index in [9.17, 15) is 4.79 Å². The van der Waals surface area contributed by atoms with Crippen molar-refractivity contribution < 1.29 is 14.3 Å². The minimum absolute atomic E-state index is 0.271. The molecule has 5 heteroatoms. The number of carbonyl (C=O) groups is 1. The van der Waals surface area contributed by atoms with Gasteiger partial charge < -0.3 is 14.8 Å². The van der Waals surface area contributed by atoms with Gasteiger partial charge in [-0.1, -0.05) is 67.2 Å². The summed E-state index contributed by atoms with van der Waals surface area (Å²) in [4.78, 5) is 17.9. The van der Waals surface area contributed by atoms with Crippen LogP contribution in [0.5, 0.6) is 5.75 Å². The molecular formula is C28H32N2O3. The molecule has 0 fully saturated rings. The number of allylic oxidation sites excluding steroid dienone is 1. The fourth-order valence-electron chi connectivity index (χ4n) is 3.29. The molecule has 0 aliphatic carbocycles. The number of ether oxygens (including phenoxy) is 2. The molecule has 0 amide bonds. The zero-order valence-corrected chi connectivity index (χ0v) is 19.9. The Balaban J connectivity index is 1.98. The van der Waals surface area contributed by atoms with Crippen molar-refractivity contribution in [2.45, 2.75) is 52.7 Å². The second-order valence-electron chi connectivity index (χ2n) is 9.00. The highest BCUT2D eigenvalue weighted by molar-refractivity contribution is 5.98. The molecule has 0 atom stereocenters. The zero-order chi connectivity index (χ0) is 23.8. The van der Waals surface area contributed by atoms with Crippen LogP contribution in [0, 0.1) is 0 Å². The number of rotatable bonds is 9. The van der Waals surface area contributed by atoms with Gasteiger partial charge in [-0.3, -0.25) is 0 Å². The van der Waals surface area contributed by atoms with Crippen LogP contribution in [0.15, 0.2) is 79.0 Å². The number of anilines is 1. The van der Waals surface area contributed by atoms with Gasteiger partial charge in [-0.05, 0) is 51.7 Å². The molecule has 33 heavy (non-hydrogen) atoms. The van der Waals surface area contributed by atoms with Gasteiger partial charge in [0, 0.05) is 17.5 Å². The van der Waals surface area contributed by atoms with Crippen molar-refractivity contribution in [1.82, 2.24) is 4.98 Å². The van der Waals surface area contributed by atoms with E-state index in [0.717, 1.165) is 17.7 Å². The Kier molecular flexibility index (Phi) is 7.88. The van der Waals surface area contributed by atoms with E-state index in [4.69, 9.17) is 14.5 Å². The number of esters is 1.